The summed E-state index contributed by atoms with van der Waals surface area (Å²) < 4.78 is 6.69. The van der Waals surface area contributed by atoms with Gasteiger partial charge in [-0.05, 0) is 28.1 Å². The molecule has 1 aliphatic heterocycles. The predicted molar refractivity (Wildman–Crippen MR) is 97.8 cm³/mol. The highest BCUT2D eigenvalue weighted by atomic mass is 79.9. The highest BCUT2D eigenvalue weighted by Crippen LogP contribution is 2.33. The molecule has 1 fully saturated rings. The molecule has 8 nitrogen and oxygen atoms in total. The van der Waals surface area contributed by atoms with Gasteiger partial charge in [0.15, 0.2) is 0 Å². The lowest BCUT2D eigenvalue weighted by Gasteiger charge is -2.30. The van der Waals surface area contributed by atoms with Gasteiger partial charge in [0.25, 0.3) is 0 Å². The molecule has 0 bridgehead atoms. The van der Waals surface area contributed by atoms with Crippen LogP contribution in [0, 0.1) is 10.1 Å². The molecule has 0 spiro atoms. The molecule has 11 heteroatoms. The summed E-state index contributed by atoms with van der Waals surface area (Å²) in [5.74, 6) is 0.199. The molecule has 2 heterocycles. The van der Waals surface area contributed by atoms with E-state index < -0.39 is 4.92 Å². The number of para-hydroxylation sites is 1. The third-order valence-corrected chi connectivity index (χ3v) is 4.91. The predicted octanol–water partition coefficient (Wildman–Crippen LogP) is 3.21. The summed E-state index contributed by atoms with van der Waals surface area (Å²) in [7, 11) is 0. The highest BCUT2D eigenvalue weighted by Gasteiger charge is 2.32. The van der Waals surface area contributed by atoms with Gasteiger partial charge in [-0.25, -0.2) is 0 Å². The van der Waals surface area contributed by atoms with Crippen LogP contribution in [0.15, 0.2) is 38.9 Å². The lowest BCUT2D eigenvalue weighted by molar-refractivity contribution is -0.419. The molecule has 1 saturated heterocycles. The molecule has 0 aliphatic carbocycles. The average molecular weight is 449 g/mol. The van der Waals surface area contributed by atoms with Crippen molar-refractivity contribution < 1.29 is 9.66 Å². The number of hydrogen-bond acceptors (Lipinski definition) is 6. The average Bonchev–Trinajstić information content (AvgIpc) is 3.03. The first-order valence-electron chi connectivity index (χ1n) is 7.24. The number of fused-ring (bicyclic) bond motifs is 1. The van der Waals surface area contributed by atoms with Gasteiger partial charge in [0, 0.05) is 13.1 Å². The summed E-state index contributed by atoms with van der Waals surface area (Å²) in [6.45, 7) is 1.77. The van der Waals surface area contributed by atoms with Gasteiger partial charge < -0.3 is 9.64 Å². The fraction of sp³-hybridized carbons (Fsp3) is 0.286. The third kappa shape index (κ3) is 3.64. The van der Waals surface area contributed by atoms with E-state index in [2.05, 4.69) is 26.2 Å². The summed E-state index contributed by atoms with van der Waals surface area (Å²) in [6, 6.07) is 7.17. The van der Waals surface area contributed by atoms with E-state index in [9.17, 15) is 10.1 Å². The number of halogens is 3. The Morgan fingerprint density at radius 3 is 2.60 bits per heavy atom. The maximum absolute atomic E-state index is 11.8. The second-order valence-electron chi connectivity index (χ2n) is 5.09. The molecule has 1 aromatic heterocycles. The van der Waals surface area contributed by atoms with Crippen molar-refractivity contribution in [1.29, 1.82) is 0 Å². The Kier molecular flexibility index (Phi) is 5.57. The van der Waals surface area contributed by atoms with Gasteiger partial charge in [-0.1, -0.05) is 40.5 Å². The summed E-state index contributed by atoms with van der Waals surface area (Å²) in [5, 5.41) is 19.7. The van der Waals surface area contributed by atoms with E-state index in [1.807, 2.05) is 6.07 Å². The lowest BCUT2D eigenvalue weighted by Crippen LogP contribution is -2.38. The van der Waals surface area contributed by atoms with Crippen LogP contribution < -0.4 is 0 Å². The first-order chi connectivity index (χ1) is 12.0. The first-order valence-corrected chi connectivity index (χ1v) is 8.79. The van der Waals surface area contributed by atoms with Gasteiger partial charge in [-0.2, -0.15) is 4.68 Å². The summed E-state index contributed by atoms with van der Waals surface area (Å²) in [4.78, 5) is 13.0. The van der Waals surface area contributed by atoms with Crippen LogP contribution in [-0.2, 0) is 4.74 Å². The Labute approximate surface area is 160 Å². The van der Waals surface area contributed by atoms with Crippen molar-refractivity contribution >= 4 is 56.0 Å². The second kappa shape index (κ2) is 7.69. The number of benzene rings is 1. The largest absolute Gasteiger partial charge is 0.378 e. The van der Waals surface area contributed by atoms with Crippen molar-refractivity contribution in [2.24, 2.45) is 0 Å². The molecule has 0 unspecified atom stereocenters. The zero-order valence-corrected chi connectivity index (χ0v) is 15.8. The van der Waals surface area contributed by atoms with Gasteiger partial charge in [0.1, 0.15) is 14.5 Å². The summed E-state index contributed by atoms with van der Waals surface area (Å²) in [5.41, 5.74) is 0.876. The molecule has 132 valence electrons. The van der Waals surface area contributed by atoms with Crippen LogP contribution in [0.1, 0.15) is 0 Å². The molecule has 25 heavy (non-hydrogen) atoms. The van der Waals surface area contributed by atoms with Crippen LogP contribution in [0.3, 0.4) is 0 Å². The number of ether oxygens (including phenoxy) is 1. The standard InChI is InChI=1S/C14H12BrCl2N5O3/c15-13(17)11(16)12(22(23)24)14(20-5-7-25-8-6-20)21-10-4-2-1-3-9(10)18-19-21/h1-4H,5-8H2/b13-11-,14-12?. The number of hydrogen-bond donors (Lipinski definition) is 0. The van der Waals surface area contributed by atoms with Crippen molar-refractivity contribution in [3.63, 3.8) is 0 Å². The molecular weight excluding hydrogens is 437 g/mol. The Bertz CT molecular complexity index is 872. The minimum atomic E-state index is -0.576. The number of nitrogens with zero attached hydrogens (tertiary/aromatic N) is 5. The van der Waals surface area contributed by atoms with E-state index in [1.54, 1.807) is 23.1 Å². The van der Waals surface area contributed by atoms with Crippen LogP contribution >= 0.6 is 39.1 Å². The van der Waals surface area contributed by atoms with Crippen molar-refractivity contribution in [2.75, 3.05) is 26.3 Å². The van der Waals surface area contributed by atoms with Crippen molar-refractivity contribution in [2.45, 2.75) is 0 Å². The van der Waals surface area contributed by atoms with E-state index >= 15 is 0 Å². The molecule has 1 aliphatic rings. The molecule has 0 amide bonds. The van der Waals surface area contributed by atoms with Gasteiger partial charge in [0.05, 0.1) is 23.7 Å². The van der Waals surface area contributed by atoms with E-state index in [1.165, 1.54) is 4.68 Å². The summed E-state index contributed by atoms with van der Waals surface area (Å²) in [6.07, 6.45) is 0. The molecule has 0 radical (unpaired) electrons. The lowest BCUT2D eigenvalue weighted by atomic mass is 10.3. The Balaban J connectivity index is 2.30. The first kappa shape index (κ1) is 18.1. The minimum Gasteiger partial charge on any atom is -0.378 e. The molecule has 0 atom stereocenters. The second-order valence-corrected chi connectivity index (χ2v) is 7.10. The van der Waals surface area contributed by atoms with Crippen LogP contribution in [-0.4, -0.2) is 51.1 Å². The molecule has 0 N–H and O–H groups in total. The maximum atomic E-state index is 11.8. The van der Waals surface area contributed by atoms with E-state index in [0.29, 0.717) is 37.3 Å². The van der Waals surface area contributed by atoms with E-state index in [-0.39, 0.29) is 20.5 Å². The van der Waals surface area contributed by atoms with Crippen LogP contribution in [0.2, 0.25) is 0 Å². The highest BCUT2D eigenvalue weighted by molar-refractivity contribution is 9.12. The monoisotopic (exact) mass is 447 g/mol. The van der Waals surface area contributed by atoms with Gasteiger partial charge in [0.2, 0.25) is 5.82 Å². The Morgan fingerprint density at radius 2 is 1.96 bits per heavy atom. The Hall–Kier alpha value is -1.68. The Morgan fingerprint density at radius 1 is 1.28 bits per heavy atom. The smallest absolute Gasteiger partial charge is 0.332 e. The van der Waals surface area contributed by atoms with Crippen molar-refractivity contribution in [3.8, 4) is 0 Å². The van der Waals surface area contributed by atoms with Crippen molar-refractivity contribution in [1.82, 2.24) is 19.9 Å². The van der Waals surface area contributed by atoms with Crippen LogP contribution in [0.25, 0.3) is 16.9 Å². The molecular formula is C14H12BrCl2N5O3. The van der Waals surface area contributed by atoms with Crippen LogP contribution in [0.4, 0.5) is 0 Å². The van der Waals surface area contributed by atoms with E-state index in [0.717, 1.165) is 0 Å². The zero-order chi connectivity index (χ0) is 18.0. The molecule has 0 saturated carbocycles. The number of rotatable bonds is 4. The fourth-order valence-electron chi connectivity index (χ4n) is 2.53. The molecule has 2 aromatic rings. The van der Waals surface area contributed by atoms with E-state index in [4.69, 9.17) is 27.9 Å². The number of morpholine rings is 1. The SMILES string of the molecule is O=[N+]([O-])C(=C(N1CCOCC1)n1nnc2ccccc21)/C(Cl)=C(/Cl)Br. The van der Waals surface area contributed by atoms with Crippen LogP contribution in [0.5, 0.6) is 0 Å². The quantitative estimate of drug-likeness (QED) is 0.405. The minimum absolute atomic E-state index is 0.0592. The third-order valence-electron chi connectivity index (χ3n) is 3.63. The normalized spacial score (nSPS) is 17.3. The van der Waals surface area contributed by atoms with Crippen molar-refractivity contribution in [3.05, 3.63) is 49.1 Å². The fourth-order valence-corrected chi connectivity index (χ4v) is 2.96. The van der Waals surface area contributed by atoms with Gasteiger partial charge in [-0.3, -0.25) is 10.1 Å². The topological polar surface area (TPSA) is 86.3 Å². The maximum Gasteiger partial charge on any atom is 0.332 e. The zero-order valence-electron chi connectivity index (χ0n) is 12.7. The summed E-state index contributed by atoms with van der Waals surface area (Å²) >= 11 is 15.0. The number of nitro groups is 1. The molecule has 3 rings (SSSR count). The number of allylic oxidation sites excluding steroid dienone is 1. The van der Waals surface area contributed by atoms with Gasteiger partial charge >= 0.3 is 5.70 Å². The van der Waals surface area contributed by atoms with Gasteiger partial charge in [-0.15, -0.1) is 5.10 Å². The molecule has 1 aromatic carbocycles. The number of aromatic nitrogens is 3.